The summed E-state index contributed by atoms with van der Waals surface area (Å²) in [7, 11) is 0. The molecule has 0 radical (unpaired) electrons. The Hall–Kier alpha value is -2.22. The van der Waals surface area contributed by atoms with Gasteiger partial charge in [-0.15, -0.1) is 0 Å². The minimum atomic E-state index is 0.434. The smallest absolute Gasteiger partial charge is 0.235 e. The molecule has 0 fully saturated rings. The van der Waals surface area contributed by atoms with Crippen molar-refractivity contribution in [2.24, 2.45) is 10.7 Å². The van der Waals surface area contributed by atoms with Crippen LogP contribution in [0.15, 0.2) is 53.5 Å². The Kier molecular flexibility index (Phi) is 6.97. The first-order valence-electron chi connectivity index (χ1n) is 6.50. The van der Waals surface area contributed by atoms with Crippen LogP contribution in [0.4, 0.5) is 0 Å². The van der Waals surface area contributed by atoms with Crippen molar-refractivity contribution in [1.82, 2.24) is 0 Å². The van der Waals surface area contributed by atoms with Crippen molar-refractivity contribution in [2.75, 3.05) is 0 Å². The summed E-state index contributed by atoms with van der Waals surface area (Å²) in [6.45, 7) is 5.16. The lowest BCUT2D eigenvalue weighted by molar-refractivity contribution is 0.563. The molecule has 0 saturated carbocycles. The summed E-state index contributed by atoms with van der Waals surface area (Å²) >= 11 is 0. The summed E-state index contributed by atoms with van der Waals surface area (Å²) in [6, 6.07) is 16.1. The van der Waals surface area contributed by atoms with Gasteiger partial charge >= 0.3 is 0 Å². The summed E-state index contributed by atoms with van der Waals surface area (Å²) < 4.78 is 0. The maximum Gasteiger partial charge on any atom is 0.235 e. The molecular formula is C17H20N2O. The number of aryl methyl sites for hydroxylation is 2. The fourth-order valence-electron chi connectivity index (χ4n) is 1.54. The highest BCUT2D eigenvalue weighted by atomic mass is 16.1. The first-order chi connectivity index (χ1) is 9.65. The third kappa shape index (κ3) is 6.10. The predicted octanol–water partition coefficient (Wildman–Crippen LogP) is 3.28. The topological polar surface area (TPSA) is 55.4 Å². The lowest BCUT2D eigenvalue weighted by Gasteiger charge is -1.94. The normalized spacial score (nSPS) is 9.15. The first-order valence-corrected chi connectivity index (χ1v) is 6.50. The quantitative estimate of drug-likeness (QED) is 0.686. The van der Waals surface area contributed by atoms with Gasteiger partial charge in [0.1, 0.15) is 0 Å². The Labute approximate surface area is 120 Å². The zero-order chi connectivity index (χ0) is 14.8. The number of isocyanates is 1. The Morgan fingerprint density at radius 1 is 0.900 bits per heavy atom. The fraction of sp³-hybridized carbons (Fsp3) is 0.235. The Morgan fingerprint density at radius 3 is 1.75 bits per heavy atom. The van der Waals surface area contributed by atoms with Gasteiger partial charge in [0, 0.05) is 6.54 Å². The SMILES string of the molecule is Cc1ccc(CN)cc1.Cc1ccc(CN=C=O)cc1. The van der Waals surface area contributed by atoms with E-state index in [1.807, 2.05) is 31.2 Å². The number of nitrogens with zero attached hydrogens (tertiary/aromatic N) is 1. The van der Waals surface area contributed by atoms with Crippen molar-refractivity contribution in [1.29, 1.82) is 0 Å². The first kappa shape index (κ1) is 15.8. The molecule has 0 bridgehead atoms. The molecule has 0 heterocycles. The average molecular weight is 268 g/mol. The van der Waals surface area contributed by atoms with Crippen LogP contribution in [0.5, 0.6) is 0 Å². The van der Waals surface area contributed by atoms with Crippen LogP contribution in [0.25, 0.3) is 0 Å². The molecule has 0 spiro atoms. The van der Waals surface area contributed by atoms with Gasteiger partial charge in [-0.25, -0.2) is 9.79 Å². The third-order valence-electron chi connectivity index (χ3n) is 2.80. The van der Waals surface area contributed by atoms with Crippen LogP contribution in [-0.2, 0) is 17.9 Å². The maximum atomic E-state index is 9.75. The van der Waals surface area contributed by atoms with Gasteiger partial charge < -0.3 is 5.73 Å². The number of rotatable bonds is 3. The van der Waals surface area contributed by atoms with Crippen molar-refractivity contribution in [3.8, 4) is 0 Å². The predicted molar refractivity (Wildman–Crippen MR) is 82.1 cm³/mol. The molecule has 0 aliphatic carbocycles. The van der Waals surface area contributed by atoms with Crippen LogP contribution < -0.4 is 5.73 Å². The highest BCUT2D eigenvalue weighted by Crippen LogP contribution is 2.03. The molecule has 0 aliphatic heterocycles. The Balaban J connectivity index is 0.000000204. The van der Waals surface area contributed by atoms with Gasteiger partial charge in [-0.05, 0) is 25.0 Å². The van der Waals surface area contributed by atoms with Crippen LogP contribution in [0.2, 0.25) is 0 Å². The minimum Gasteiger partial charge on any atom is -0.326 e. The largest absolute Gasteiger partial charge is 0.326 e. The van der Waals surface area contributed by atoms with Gasteiger partial charge in [0.25, 0.3) is 0 Å². The summed E-state index contributed by atoms with van der Waals surface area (Å²) in [5.41, 5.74) is 10.1. The van der Waals surface area contributed by atoms with Crippen molar-refractivity contribution in [3.05, 3.63) is 70.8 Å². The lowest BCUT2D eigenvalue weighted by atomic mass is 10.1. The van der Waals surface area contributed by atoms with E-state index < -0.39 is 0 Å². The van der Waals surface area contributed by atoms with Gasteiger partial charge in [0.15, 0.2) is 0 Å². The van der Waals surface area contributed by atoms with E-state index in [1.165, 1.54) is 22.8 Å². The molecule has 0 saturated heterocycles. The highest BCUT2D eigenvalue weighted by molar-refractivity contribution is 5.34. The van der Waals surface area contributed by atoms with Crippen molar-refractivity contribution >= 4 is 6.08 Å². The van der Waals surface area contributed by atoms with Crippen LogP contribution >= 0.6 is 0 Å². The number of carbonyl (C=O) groups excluding carboxylic acids is 1. The van der Waals surface area contributed by atoms with Crippen molar-refractivity contribution in [2.45, 2.75) is 26.9 Å². The summed E-state index contributed by atoms with van der Waals surface area (Å²) in [5, 5.41) is 0. The van der Waals surface area contributed by atoms with Gasteiger partial charge in [-0.3, -0.25) is 0 Å². The maximum absolute atomic E-state index is 9.75. The second-order valence-electron chi connectivity index (χ2n) is 4.58. The molecule has 20 heavy (non-hydrogen) atoms. The van der Waals surface area contributed by atoms with Crippen LogP contribution in [-0.4, -0.2) is 6.08 Å². The molecule has 0 atom stereocenters. The highest BCUT2D eigenvalue weighted by Gasteiger charge is 1.88. The summed E-state index contributed by atoms with van der Waals surface area (Å²) in [6.07, 6.45) is 1.51. The van der Waals surface area contributed by atoms with Crippen molar-refractivity contribution < 1.29 is 4.79 Å². The van der Waals surface area contributed by atoms with E-state index in [9.17, 15) is 4.79 Å². The molecule has 3 nitrogen and oxygen atoms in total. The van der Waals surface area contributed by atoms with E-state index in [4.69, 9.17) is 5.73 Å². The third-order valence-corrected chi connectivity index (χ3v) is 2.80. The second-order valence-corrected chi connectivity index (χ2v) is 4.58. The average Bonchev–Trinajstić information content (AvgIpc) is 2.48. The molecule has 2 aromatic carbocycles. The summed E-state index contributed by atoms with van der Waals surface area (Å²) in [4.78, 5) is 13.2. The Morgan fingerprint density at radius 2 is 1.35 bits per heavy atom. The van der Waals surface area contributed by atoms with Crippen LogP contribution in [0.1, 0.15) is 22.3 Å². The molecule has 3 heteroatoms. The zero-order valence-corrected chi connectivity index (χ0v) is 12.0. The molecule has 0 aromatic heterocycles. The van der Waals surface area contributed by atoms with E-state index in [0.29, 0.717) is 13.1 Å². The molecule has 0 amide bonds. The van der Waals surface area contributed by atoms with Gasteiger partial charge in [0.2, 0.25) is 6.08 Å². The van der Waals surface area contributed by atoms with Crippen LogP contribution in [0.3, 0.4) is 0 Å². The minimum absolute atomic E-state index is 0.434. The molecule has 104 valence electrons. The van der Waals surface area contributed by atoms with E-state index in [1.54, 1.807) is 0 Å². The number of nitrogens with two attached hydrogens (primary N) is 1. The van der Waals surface area contributed by atoms with Crippen molar-refractivity contribution in [3.63, 3.8) is 0 Å². The molecule has 0 aliphatic rings. The standard InChI is InChI=1S/C9H9NO.C8H11N/c1-8-2-4-9(5-3-8)6-10-7-11;1-7-2-4-8(6-9)5-3-7/h2-5H,6H2,1H3;2-5H,6,9H2,1H3. The summed E-state index contributed by atoms with van der Waals surface area (Å²) in [5.74, 6) is 0. The van der Waals surface area contributed by atoms with E-state index in [0.717, 1.165) is 5.56 Å². The number of hydrogen-bond acceptors (Lipinski definition) is 3. The molecule has 2 aromatic rings. The van der Waals surface area contributed by atoms with Gasteiger partial charge in [-0.2, -0.15) is 0 Å². The monoisotopic (exact) mass is 268 g/mol. The molecule has 0 unspecified atom stereocenters. The van der Waals surface area contributed by atoms with E-state index in [-0.39, 0.29) is 0 Å². The van der Waals surface area contributed by atoms with Gasteiger partial charge in [0.05, 0.1) is 6.54 Å². The zero-order valence-electron chi connectivity index (χ0n) is 12.0. The molecule has 2 rings (SSSR count). The molecular weight excluding hydrogens is 248 g/mol. The van der Waals surface area contributed by atoms with Crippen LogP contribution in [0, 0.1) is 13.8 Å². The lowest BCUT2D eigenvalue weighted by Crippen LogP contribution is -1.94. The van der Waals surface area contributed by atoms with E-state index in [2.05, 4.69) is 36.2 Å². The number of benzene rings is 2. The Bertz CT molecular complexity index is 553. The van der Waals surface area contributed by atoms with Gasteiger partial charge in [-0.1, -0.05) is 59.7 Å². The fourth-order valence-corrected chi connectivity index (χ4v) is 1.54. The number of hydrogen-bond donors (Lipinski definition) is 1. The number of aliphatic imine (C=N–C) groups is 1. The molecule has 2 N–H and O–H groups in total. The van der Waals surface area contributed by atoms with E-state index >= 15 is 0 Å². The second kappa shape index (κ2) is 8.81.